The summed E-state index contributed by atoms with van der Waals surface area (Å²) in [5.74, 6) is 0.540. The van der Waals surface area contributed by atoms with E-state index < -0.39 is 0 Å². The van der Waals surface area contributed by atoms with Gasteiger partial charge < -0.3 is 15.8 Å². The van der Waals surface area contributed by atoms with Crippen molar-refractivity contribution < 1.29 is 4.74 Å². The van der Waals surface area contributed by atoms with Gasteiger partial charge in [0.2, 0.25) is 0 Å². The fraction of sp³-hybridized carbons (Fsp3) is 0.769. The molecule has 0 aliphatic carbocycles. The minimum absolute atomic E-state index is 0.276. The van der Waals surface area contributed by atoms with Gasteiger partial charge in [-0.2, -0.15) is 0 Å². The van der Waals surface area contributed by atoms with E-state index in [0.717, 1.165) is 52.0 Å². The van der Waals surface area contributed by atoms with Gasteiger partial charge in [0, 0.05) is 32.8 Å². The highest BCUT2D eigenvalue weighted by molar-refractivity contribution is 5.77. The van der Waals surface area contributed by atoms with Gasteiger partial charge in [0.15, 0.2) is 5.96 Å². The Hall–Kier alpha value is -1.07. The van der Waals surface area contributed by atoms with E-state index in [1.54, 1.807) is 0 Å². The normalized spacial score (nSPS) is 25.6. The molecule has 0 spiro atoms. The Balaban J connectivity index is 1.57. The summed E-state index contributed by atoms with van der Waals surface area (Å²) in [5, 5.41) is 3.16. The first kappa shape index (κ1) is 13.4. The maximum absolute atomic E-state index is 5.82. The molecular weight excluding hydrogens is 228 g/mol. The maximum Gasteiger partial charge on any atom is 0.188 e. The number of ether oxygens (including phenoxy) is 1. The Morgan fingerprint density at radius 3 is 3.17 bits per heavy atom. The van der Waals surface area contributed by atoms with Crippen LogP contribution in [-0.4, -0.2) is 56.3 Å². The fourth-order valence-corrected chi connectivity index (χ4v) is 2.28. The van der Waals surface area contributed by atoms with Crippen molar-refractivity contribution in [2.45, 2.75) is 25.4 Å². The van der Waals surface area contributed by atoms with Crippen LogP contribution in [0.15, 0.2) is 17.1 Å². The minimum atomic E-state index is 0.276. The summed E-state index contributed by atoms with van der Waals surface area (Å²) in [6.07, 6.45) is 8.15. The first-order valence-corrected chi connectivity index (χ1v) is 6.87. The predicted octanol–water partition coefficient (Wildman–Crippen LogP) is 0.332. The molecule has 1 unspecified atom stereocenters. The molecule has 0 saturated carbocycles. The SMILES string of the molecule is NC(=NCC1CCCO1)NCCN1CC=CCC1. The second kappa shape index (κ2) is 7.38. The highest BCUT2D eigenvalue weighted by Crippen LogP contribution is 2.11. The van der Waals surface area contributed by atoms with Crippen LogP contribution < -0.4 is 11.1 Å². The monoisotopic (exact) mass is 252 g/mol. The van der Waals surface area contributed by atoms with E-state index in [0.29, 0.717) is 12.5 Å². The van der Waals surface area contributed by atoms with Crippen molar-refractivity contribution in [1.82, 2.24) is 10.2 Å². The number of nitrogens with two attached hydrogens (primary N) is 1. The Labute approximate surface area is 109 Å². The van der Waals surface area contributed by atoms with E-state index in [1.165, 1.54) is 0 Å². The van der Waals surface area contributed by atoms with Gasteiger partial charge in [-0.15, -0.1) is 0 Å². The zero-order chi connectivity index (χ0) is 12.6. The van der Waals surface area contributed by atoms with Gasteiger partial charge in [0.1, 0.15) is 0 Å². The molecule has 2 rings (SSSR count). The van der Waals surface area contributed by atoms with Crippen molar-refractivity contribution in [1.29, 1.82) is 0 Å². The molecule has 1 saturated heterocycles. The van der Waals surface area contributed by atoms with Crippen LogP contribution in [0.2, 0.25) is 0 Å². The van der Waals surface area contributed by atoms with Crippen LogP contribution in [0, 0.1) is 0 Å². The minimum Gasteiger partial charge on any atom is -0.376 e. The van der Waals surface area contributed by atoms with Crippen molar-refractivity contribution in [3.05, 3.63) is 12.2 Å². The number of hydrogen-bond acceptors (Lipinski definition) is 3. The first-order chi connectivity index (χ1) is 8.84. The standard InChI is InChI=1S/C13H24N4O/c14-13(16-11-12-5-4-10-18-12)15-6-9-17-7-2-1-3-8-17/h1-2,12H,3-11H2,(H3,14,15,16). The number of guanidine groups is 1. The quantitative estimate of drug-likeness (QED) is 0.420. The molecule has 5 nitrogen and oxygen atoms in total. The molecule has 5 heteroatoms. The Kier molecular flexibility index (Phi) is 5.48. The lowest BCUT2D eigenvalue weighted by Crippen LogP contribution is -2.39. The smallest absolute Gasteiger partial charge is 0.188 e. The summed E-state index contributed by atoms with van der Waals surface area (Å²) < 4.78 is 5.50. The fourth-order valence-electron chi connectivity index (χ4n) is 2.28. The molecule has 2 aliphatic rings. The third kappa shape index (κ3) is 4.66. The zero-order valence-electron chi connectivity index (χ0n) is 11.0. The van der Waals surface area contributed by atoms with Crippen molar-refractivity contribution >= 4 is 5.96 Å². The predicted molar refractivity (Wildman–Crippen MR) is 73.7 cm³/mol. The molecule has 0 aromatic rings. The lowest BCUT2D eigenvalue weighted by atomic mass is 10.2. The number of nitrogens with one attached hydrogen (secondary N) is 1. The summed E-state index contributed by atoms with van der Waals surface area (Å²) in [6.45, 7) is 5.62. The topological polar surface area (TPSA) is 62.9 Å². The van der Waals surface area contributed by atoms with Gasteiger partial charge in [-0.1, -0.05) is 12.2 Å². The second-order valence-electron chi connectivity index (χ2n) is 4.85. The van der Waals surface area contributed by atoms with E-state index in [-0.39, 0.29) is 6.10 Å². The third-order valence-electron chi connectivity index (χ3n) is 3.37. The Bertz CT molecular complexity index is 297. The molecule has 0 aromatic heterocycles. The van der Waals surface area contributed by atoms with E-state index in [4.69, 9.17) is 10.5 Å². The van der Waals surface area contributed by atoms with Crippen LogP contribution in [0.4, 0.5) is 0 Å². The van der Waals surface area contributed by atoms with Crippen molar-refractivity contribution in [2.75, 3.05) is 39.3 Å². The molecule has 1 fully saturated rings. The van der Waals surface area contributed by atoms with Crippen LogP contribution in [0.25, 0.3) is 0 Å². The van der Waals surface area contributed by atoms with Gasteiger partial charge >= 0.3 is 0 Å². The lowest BCUT2D eigenvalue weighted by Gasteiger charge is -2.22. The summed E-state index contributed by atoms with van der Waals surface area (Å²) in [6, 6.07) is 0. The summed E-state index contributed by atoms with van der Waals surface area (Å²) in [5.41, 5.74) is 5.82. The summed E-state index contributed by atoms with van der Waals surface area (Å²) in [4.78, 5) is 6.72. The third-order valence-corrected chi connectivity index (χ3v) is 3.37. The summed E-state index contributed by atoms with van der Waals surface area (Å²) >= 11 is 0. The van der Waals surface area contributed by atoms with E-state index in [2.05, 4.69) is 27.4 Å². The molecule has 0 radical (unpaired) electrons. The molecular formula is C13H24N4O. The van der Waals surface area contributed by atoms with Crippen molar-refractivity contribution in [3.8, 4) is 0 Å². The van der Waals surface area contributed by atoms with Gasteiger partial charge in [0.25, 0.3) is 0 Å². The van der Waals surface area contributed by atoms with Crippen molar-refractivity contribution in [3.63, 3.8) is 0 Å². The highest BCUT2D eigenvalue weighted by Gasteiger charge is 2.14. The van der Waals surface area contributed by atoms with Gasteiger partial charge in [-0.25, -0.2) is 0 Å². The lowest BCUT2D eigenvalue weighted by molar-refractivity contribution is 0.117. The second-order valence-corrected chi connectivity index (χ2v) is 4.85. The van der Waals surface area contributed by atoms with E-state index >= 15 is 0 Å². The summed E-state index contributed by atoms with van der Waals surface area (Å²) in [7, 11) is 0. The van der Waals surface area contributed by atoms with Gasteiger partial charge in [-0.05, 0) is 19.3 Å². The molecule has 0 amide bonds. The largest absolute Gasteiger partial charge is 0.376 e. The Morgan fingerprint density at radius 2 is 2.44 bits per heavy atom. The molecule has 3 N–H and O–H groups in total. The first-order valence-electron chi connectivity index (χ1n) is 6.87. The van der Waals surface area contributed by atoms with E-state index in [9.17, 15) is 0 Å². The number of rotatable bonds is 5. The molecule has 2 aliphatic heterocycles. The Morgan fingerprint density at radius 1 is 1.50 bits per heavy atom. The molecule has 0 aromatic carbocycles. The number of hydrogen-bond donors (Lipinski definition) is 2. The van der Waals surface area contributed by atoms with Crippen molar-refractivity contribution in [2.24, 2.45) is 10.7 Å². The van der Waals surface area contributed by atoms with Gasteiger partial charge in [0.05, 0.1) is 12.6 Å². The maximum atomic E-state index is 5.82. The average molecular weight is 252 g/mol. The van der Waals surface area contributed by atoms with Gasteiger partial charge in [-0.3, -0.25) is 9.89 Å². The number of aliphatic imine (C=N–C) groups is 1. The highest BCUT2D eigenvalue weighted by atomic mass is 16.5. The number of nitrogens with zero attached hydrogens (tertiary/aromatic N) is 2. The zero-order valence-corrected chi connectivity index (χ0v) is 11.0. The van der Waals surface area contributed by atoms with Crippen LogP contribution >= 0.6 is 0 Å². The van der Waals surface area contributed by atoms with E-state index in [1.807, 2.05) is 0 Å². The molecule has 2 heterocycles. The molecule has 0 bridgehead atoms. The molecule has 1 atom stereocenters. The van der Waals surface area contributed by atoms with Crippen LogP contribution in [0.5, 0.6) is 0 Å². The van der Waals surface area contributed by atoms with Crippen LogP contribution in [0.1, 0.15) is 19.3 Å². The van der Waals surface area contributed by atoms with Crippen LogP contribution in [0.3, 0.4) is 0 Å². The molecule has 102 valence electrons. The van der Waals surface area contributed by atoms with Crippen LogP contribution in [-0.2, 0) is 4.74 Å². The molecule has 18 heavy (non-hydrogen) atoms. The average Bonchev–Trinajstić information content (AvgIpc) is 2.91.